The quantitative estimate of drug-likeness (QED) is 0.518. The van der Waals surface area contributed by atoms with Crippen molar-refractivity contribution in [2.24, 2.45) is 29.1 Å². The summed E-state index contributed by atoms with van der Waals surface area (Å²) in [4.78, 5) is 37.1. The van der Waals surface area contributed by atoms with Gasteiger partial charge in [0.25, 0.3) is 0 Å². The number of fused-ring (bicyclic) bond motifs is 3. The molecular weight excluding hydrogens is 400 g/mol. The summed E-state index contributed by atoms with van der Waals surface area (Å²) in [5, 5.41) is 21.6. The van der Waals surface area contributed by atoms with E-state index in [0.29, 0.717) is 11.1 Å². The van der Waals surface area contributed by atoms with Crippen molar-refractivity contribution in [1.82, 2.24) is 0 Å². The summed E-state index contributed by atoms with van der Waals surface area (Å²) in [6.45, 7) is 11.6. The number of carbonyl (C=O) groups is 3. The highest BCUT2D eigenvalue weighted by molar-refractivity contribution is 6.04. The largest absolute Gasteiger partial charge is 0.458 e. The molecule has 0 bridgehead atoms. The summed E-state index contributed by atoms with van der Waals surface area (Å²) in [6, 6.07) is 0. The van der Waals surface area contributed by atoms with E-state index >= 15 is 0 Å². The zero-order valence-electron chi connectivity index (χ0n) is 19.4. The van der Waals surface area contributed by atoms with E-state index in [-0.39, 0.29) is 36.6 Å². The van der Waals surface area contributed by atoms with Gasteiger partial charge < -0.3 is 19.7 Å². The van der Waals surface area contributed by atoms with E-state index in [2.05, 4.69) is 0 Å². The lowest BCUT2D eigenvalue weighted by molar-refractivity contribution is -0.247. The lowest BCUT2D eigenvalue weighted by atomic mass is 9.49. The first kappa shape index (κ1) is 23.7. The molecule has 1 saturated carbocycles. The molecule has 7 heteroatoms. The van der Waals surface area contributed by atoms with E-state index in [1.807, 2.05) is 32.9 Å². The van der Waals surface area contributed by atoms with Crippen LogP contribution in [0.5, 0.6) is 0 Å². The molecule has 0 spiro atoms. The van der Waals surface area contributed by atoms with Crippen molar-refractivity contribution >= 4 is 17.7 Å². The smallest absolute Gasteiger partial charge is 0.303 e. The molecule has 7 atom stereocenters. The minimum absolute atomic E-state index is 0.0408. The molecule has 3 aliphatic rings. The van der Waals surface area contributed by atoms with Crippen LogP contribution >= 0.6 is 0 Å². The van der Waals surface area contributed by atoms with Gasteiger partial charge in [0, 0.05) is 37.5 Å². The lowest BCUT2D eigenvalue weighted by Crippen LogP contribution is -2.67. The molecule has 0 heterocycles. The van der Waals surface area contributed by atoms with Gasteiger partial charge in [-0.1, -0.05) is 32.9 Å². The zero-order valence-corrected chi connectivity index (χ0v) is 19.4. The third kappa shape index (κ3) is 3.37. The van der Waals surface area contributed by atoms with E-state index in [0.717, 1.165) is 0 Å². The minimum Gasteiger partial charge on any atom is -0.458 e. The Morgan fingerprint density at radius 1 is 1.13 bits per heavy atom. The molecule has 2 N–H and O–H groups in total. The summed E-state index contributed by atoms with van der Waals surface area (Å²) in [7, 11) is 0. The van der Waals surface area contributed by atoms with Crippen molar-refractivity contribution in [3.8, 4) is 0 Å². The fraction of sp³-hybridized carbons (Fsp3) is 0.708. The Labute approximate surface area is 183 Å². The first-order valence-corrected chi connectivity index (χ1v) is 10.8. The molecule has 172 valence electrons. The SMILES string of the molecule is CC(=O)O[C@@H]1[C@@H](C)C2[C@@H](C=C(CO)C[C@]3(O)C(=O)C(C)=C[C@@H]23)C(C)(C)[C@]1(C)OC(C)=O. The molecule has 0 amide bonds. The molecule has 31 heavy (non-hydrogen) atoms. The van der Waals surface area contributed by atoms with Crippen molar-refractivity contribution in [3.05, 3.63) is 23.3 Å². The van der Waals surface area contributed by atoms with E-state index in [9.17, 15) is 24.6 Å². The van der Waals surface area contributed by atoms with Crippen LogP contribution in [0.3, 0.4) is 0 Å². The molecule has 3 aliphatic carbocycles. The first-order valence-electron chi connectivity index (χ1n) is 10.8. The first-order chi connectivity index (χ1) is 14.2. The van der Waals surface area contributed by atoms with Crippen molar-refractivity contribution in [2.45, 2.75) is 72.2 Å². The second-order valence-corrected chi connectivity index (χ2v) is 10.2. The molecule has 0 saturated heterocycles. The van der Waals surface area contributed by atoms with Gasteiger partial charge in [0.1, 0.15) is 11.7 Å². The normalized spacial score (nSPS) is 41.3. The highest BCUT2D eigenvalue weighted by Crippen LogP contribution is 2.61. The van der Waals surface area contributed by atoms with Gasteiger partial charge in [0.15, 0.2) is 11.4 Å². The number of ether oxygens (including phenoxy) is 2. The Morgan fingerprint density at radius 2 is 1.74 bits per heavy atom. The number of aliphatic hydroxyl groups is 2. The minimum atomic E-state index is -1.65. The van der Waals surface area contributed by atoms with Gasteiger partial charge in [-0.05, 0) is 36.8 Å². The Bertz CT molecular complexity index is 869. The molecule has 1 fully saturated rings. The van der Waals surface area contributed by atoms with Crippen LogP contribution in [0.25, 0.3) is 0 Å². The number of hydrogen-bond acceptors (Lipinski definition) is 7. The number of hydrogen-bond donors (Lipinski definition) is 2. The second kappa shape index (κ2) is 7.55. The number of aliphatic hydroxyl groups excluding tert-OH is 1. The number of Topliss-reactive ketones (excluding diaryl/α,β-unsaturated/α-hetero) is 1. The molecule has 0 radical (unpaired) electrons. The fourth-order valence-corrected chi connectivity index (χ4v) is 6.34. The molecule has 1 unspecified atom stereocenters. The Kier molecular flexibility index (Phi) is 5.77. The summed E-state index contributed by atoms with van der Waals surface area (Å²) in [5.41, 5.74) is -2.49. The maximum atomic E-state index is 13.0. The lowest BCUT2D eigenvalue weighted by Gasteiger charge is -2.60. The predicted molar refractivity (Wildman–Crippen MR) is 113 cm³/mol. The number of ketones is 1. The van der Waals surface area contributed by atoms with Crippen LogP contribution in [-0.2, 0) is 23.9 Å². The van der Waals surface area contributed by atoms with Crippen molar-refractivity contribution in [1.29, 1.82) is 0 Å². The third-order valence-electron chi connectivity index (χ3n) is 8.07. The number of carbonyl (C=O) groups excluding carboxylic acids is 3. The standard InChI is InChI=1S/C24H34O7/c1-12-8-18-19-13(2)21(30-14(3)26)23(7,31-15(4)27)22(5,6)17(19)9-16(11-25)10-24(18,29)20(12)28/h8-9,13,17-19,21,25,29H,10-11H2,1-7H3/t13-,17+,18-,19?,21+,23+,24+/m0/s1. The van der Waals surface area contributed by atoms with Crippen LogP contribution in [0.2, 0.25) is 0 Å². The van der Waals surface area contributed by atoms with E-state index in [1.54, 1.807) is 13.8 Å². The Morgan fingerprint density at radius 3 is 2.26 bits per heavy atom. The molecular formula is C24H34O7. The highest BCUT2D eigenvalue weighted by Gasteiger charge is 2.67. The van der Waals surface area contributed by atoms with Crippen LogP contribution in [-0.4, -0.2) is 51.8 Å². The van der Waals surface area contributed by atoms with E-state index < -0.39 is 40.6 Å². The maximum Gasteiger partial charge on any atom is 0.303 e. The third-order valence-corrected chi connectivity index (χ3v) is 8.07. The van der Waals surface area contributed by atoms with Gasteiger partial charge in [-0.15, -0.1) is 0 Å². The van der Waals surface area contributed by atoms with Crippen molar-refractivity contribution < 1.29 is 34.1 Å². The van der Waals surface area contributed by atoms with Crippen LogP contribution in [0.15, 0.2) is 23.3 Å². The van der Waals surface area contributed by atoms with Crippen molar-refractivity contribution in [2.75, 3.05) is 6.61 Å². The second-order valence-electron chi connectivity index (χ2n) is 10.2. The van der Waals surface area contributed by atoms with Crippen LogP contribution in [0.4, 0.5) is 0 Å². The molecule has 0 aromatic rings. The van der Waals surface area contributed by atoms with Gasteiger partial charge in [-0.2, -0.15) is 0 Å². The number of esters is 2. The highest BCUT2D eigenvalue weighted by atomic mass is 16.6. The van der Waals surface area contributed by atoms with Gasteiger partial charge in [-0.25, -0.2) is 0 Å². The van der Waals surface area contributed by atoms with Crippen LogP contribution < -0.4 is 0 Å². The van der Waals surface area contributed by atoms with E-state index in [1.165, 1.54) is 13.8 Å². The molecule has 7 nitrogen and oxygen atoms in total. The van der Waals surface area contributed by atoms with Gasteiger partial charge in [-0.3, -0.25) is 14.4 Å². The molecule has 0 aromatic carbocycles. The Balaban J connectivity index is 2.26. The average molecular weight is 435 g/mol. The number of allylic oxidation sites excluding steroid dienone is 1. The van der Waals surface area contributed by atoms with Gasteiger partial charge in [0.2, 0.25) is 0 Å². The van der Waals surface area contributed by atoms with Crippen LogP contribution in [0, 0.1) is 29.1 Å². The van der Waals surface area contributed by atoms with E-state index in [4.69, 9.17) is 9.47 Å². The Hall–Kier alpha value is -1.99. The summed E-state index contributed by atoms with van der Waals surface area (Å²) in [5.74, 6) is -2.70. The van der Waals surface area contributed by atoms with Gasteiger partial charge in [0.05, 0.1) is 6.61 Å². The summed E-state index contributed by atoms with van der Waals surface area (Å²) >= 11 is 0. The van der Waals surface area contributed by atoms with Crippen molar-refractivity contribution in [3.63, 3.8) is 0 Å². The monoisotopic (exact) mass is 434 g/mol. The molecule has 0 aromatic heterocycles. The number of rotatable bonds is 3. The van der Waals surface area contributed by atoms with Crippen LogP contribution in [0.1, 0.15) is 54.9 Å². The summed E-state index contributed by atoms with van der Waals surface area (Å²) in [6.07, 6.45) is 3.02. The fourth-order valence-electron chi connectivity index (χ4n) is 6.34. The average Bonchev–Trinajstić information content (AvgIpc) is 2.79. The maximum absolute atomic E-state index is 13.0. The zero-order chi connectivity index (χ0) is 23.5. The molecule has 3 rings (SSSR count). The van der Waals surface area contributed by atoms with Gasteiger partial charge >= 0.3 is 11.9 Å². The summed E-state index contributed by atoms with van der Waals surface area (Å²) < 4.78 is 11.6. The predicted octanol–water partition coefficient (Wildman–Crippen LogP) is 2.35. The molecule has 0 aliphatic heterocycles. The topological polar surface area (TPSA) is 110 Å².